The van der Waals surface area contributed by atoms with Crippen molar-refractivity contribution in [1.82, 2.24) is 0 Å². The number of aliphatic carboxylic acids is 1. The Balaban J connectivity index is 2.31. The molecule has 31 heavy (non-hydrogen) atoms. The molecule has 9 heteroatoms. The van der Waals surface area contributed by atoms with Gasteiger partial charge in [-0.1, -0.05) is 18.2 Å². The van der Waals surface area contributed by atoms with Crippen molar-refractivity contribution in [1.29, 1.82) is 5.26 Å². The summed E-state index contributed by atoms with van der Waals surface area (Å²) in [5, 5.41) is 29.4. The number of benzene rings is 2. The topological polar surface area (TPSA) is 138 Å². The highest BCUT2D eigenvalue weighted by molar-refractivity contribution is 5.85. The van der Waals surface area contributed by atoms with Crippen molar-refractivity contribution in [3.05, 3.63) is 71.8 Å². The van der Waals surface area contributed by atoms with Crippen LogP contribution in [0.15, 0.2) is 60.7 Å². The fourth-order valence-electron chi connectivity index (χ4n) is 2.68. The molecule has 0 saturated heterocycles. The van der Waals surface area contributed by atoms with Crippen molar-refractivity contribution in [2.45, 2.75) is 12.2 Å². The number of aliphatic hydroxyl groups excluding tert-OH is 1. The zero-order valence-corrected chi connectivity index (χ0v) is 16.7. The average molecular weight is 426 g/mol. The molecule has 162 valence electrons. The molecule has 0 spiro atoms. The second kappa shape index (κ2) is 12.0. The summed E-state index contributed by atoms with van der Waals surface area (Å²) < 4.78 is 16.5. The van der Waals surface area contributed by atoms with E-state index in [9.17, 15) is 9.59 Å². The number of nitrogens with one attached hydrogen (secondary N) is 1. The van der Waals surface area contributed by atoms with Gasteiger partial charge in [0.1, 0.15) is 18.5 Å². The normalized spacial score (nSPS) is 12.5. The summed E-state index contributed by atoms with van der Waals surface area (Å²) in [4.78, 5) is 23.5. The predicted octanol–water partition coefficient (Wildman–Crippen LogP) is 2.87. The molecule has 0 aliphatic heterocycles. The monoisotopic (exact) mass is 426 g/mol. The van der Waals surface area contributed by atoms with Crippen LogP contribution in [-0.4, -0.2) is 48.7 Å². The van der Waals surface area contributed by atoms with E-state index in [1.54, 1.807) is 48.5 Å². The number of amides is 1. The second-order valence-electron chi connectivity index (χ2n) is 6.15. The summed E-state index contributed by atoms with van der Waals surface area (Å²) in [6.45, 7) is -0.199. The number of anilines is 1. The minimum absolute atomic E-state index is 0.0176. The molecule has 2 aromatic rings. The second-order valence-corrected chi connectivity index (χ2v) is 6.15. The Bertz CT molecular complexity index is 951. The number of carbonyl (C=O) groups is 2. The van der Waals surface area contributed by atoms with Crippen LogP contribution in [0.5, 0.6) is 5.75 Å². The molecule has 0 bridgehead atoms. The van der Waals surface area contributed by atoms with Crippen molar-refractivity contribution in [3.8, 4) is 11.8 Å². The van der Waals surface area contributed by atoms with Crippen LogP contribution >= 0.6 is 0 Å². The highest BCUT2D eigenvalue weighted by Crippen LogP contribution is 2.32. The minimum atomic E-state index is -1.19. The quantitative estimate of drug-likeness (QED) is 0.493. The van der Waals surface area contributed by atoms with E-state index in [4.69, 9.17) is 29.7 Å². The Hall–Kier alpha value is -3.87. The smallest absolute Gasteiger partial charge is 0.412 e. The summed E-state index contributed by atoms with van der Waals surface area (Å²) in [5.74, 6) is -0.842. The molecule has 0 aromatic heterocycles. The van der Waals surface area contributed by atoms with Gasteiger partial charge in [-0.2, -0.15) is 5.26 Å². The number of carbonyl (C=O) groups excluding carboxylic acids is 1. The molecule has 1 amide bonds. The third-order valence-electron chi connectivity index (χ3n) is 4.07. The van der Waals surface area contributed by atoms with Gasteiger partial charge < -0.3 is 24.4 Å². The largest absolute Gasteiger partial charge is 0.491 e. The molecule has 0 heterocycles. The molecule has 0 radical (unpaired) electrons. The molecule has 2 rings (SSSR count). The Morgan fingerprint density at radius 2 is 1.90 bits per heavy atom. The van der Waals surface area contributed by atoms with E-state index in [0.717, 1.165) is 6.08 Å². The van der Waals surface area contributed by atoms with Crippen LogP contribution in [0.25, 0.3) is 0 Å². The molecule has 2 atom stereocenters. The molecular weight excluding hydrogens is 404 g/mol. The van der Waals surface area contributed by atoms with E-state index in [-0.39, 0.29) is 13.2 Å². The van der Waals surface area contributed by atoms with Gasteiger partial charge in [0.2, 0.25) is 0 Å². The maximum absolute atomic E-state index is 12.6. The maximum atomic E-state index is 12.6. The number of methoxy groups -OCH3 is 1. The van der Waals surface area contributed by atoms with Crippen molar-refractivity contribution in [3.63, 3.8) is 0 Å². The fourth-order valence-corrected chi connectivity index (χ4v) is 2.68. The zero-order chi connectivity index (χ0) is 22.6. The summed E-state index contributed by atoms with van der Waals surface area (Å²) >= 11 is 0. The highest BCUT2D eigenvalue weighted by atomic mass is 16.6. The molecule has 3 N–H and O–H groups in total. The van der Waals surface area contributed by atoms with Crippen LogP contribution < -0.4 is 10.1 Å². The van der Waals surface area contributed by atoms with Crippen molar-refractivity contribution < 1.29 is 34.0 Å². The third kappa shape index (κ3) is 7.15. The van der Waals surface area contributed by atoms with Gasteiger partial charge >= 0.3 is 12.1 Å². The predicted molar refractivity (Wildman–Crippen MR) is 111 cm³/mol. The summed E-state index contributed by atoms with van der Waals surface area (Å²) in [5.41, 5.74) is 1.26. The molecule has 0 aliphatic rings. The van der Waals surface area contributed by atoms with Gasteiger partial charge in [-0.15, -0.1) is 0 Å². The van der Waals surface area contributed by atoms with Crippen molar-refractivity contribution >= 4 is 17.7 Å². The Morgan fingerprint density at radius 3 is 2.52 bits per heavy atom. The van der Waals surface area contributed by atoms with E-state index >= 15 is 0 Å². The van der Waals surface area contributed by atoms with E-state index in [0.29, 0.717) is 22.6 Å². The first-order chi connectivity index (χ1) is 15.0. The molecule has 0 saturated carbocycles. The summed E-state index contributed by atoms with van der Waals surface area (Å²) in [6.07, 6.45) is -0.682. The number of nitrogens with zero attached hydrogens (tertiary/aromatic N) is 1. The number of hydrogen-bond acceptors (Lipinski definition) is 7. The summed E-state index contributed by atoms with van der Waals surface area (Å²) in [6, 6.07) is 14.8. The van der Waals surface area contributed by atoms with Gasteiger partial charge in [0, 0.05) is 24.4 Å². The van der Waals surface area contributed by atoms with Gasteiger partial charge in [-0.05, 0) is 36.4 Å². The molecule has 0 aliphatic carbocycles. The standard InChI is InChI=1S/C22H22N2O7/c1-29-19(10-11-20(26)27)21(17-4-2-3-5-18(17)30-13-12-25)31-22(28)24-16-8-6-15(14-23)7-9-16/h2-11,19,21,25H,12-13H2,1H3,(H,24,28)(H,26,27)/b11-10+/t19-,21-/m0/s1. The van der Waals surface area contributed by atoms with E-state index in [2.05, 4.69) is 5.32 Å². The van der Waals surface area contributed by atoms with Crippen molar-refractivity contribution in [2.75, 3.05) is 25.6 Å². The van der Waals surface area contributed by atoms with Crippen molar-refractivity contribution in [2.24, 2.45) is 0 Å². The maximum Gasteiger partial charge on any atom is 0.412 e. The van der Waals surface area contributed by atoms with Crippen LogP contribution in [0.2, 0.25) is 0 Å². The highest BCUT2D eigenvalue weighted by Gasteiger charge is 2.28. The molecule has 9 nitrogen and oxygen atoms in total. The number of aliphatic hydroxyl groups is 1. The zero-order valence-electron chi connectivity index (χ0n) is 16.7. The van der Waals surface area contributed by atoms with E-state index in [1.165, 1.54) is 13.2 Å². The number of carboxylic acid groups (broad SMARTS) is 1. The first-order valence-corrected chi connectivity index (χ1v) is 9.22. The van der Waals surface area contributed by atoms with Crippen LogP contribution in [0.4, 0.5) is 10.5 Å². The number of nitriles is 1. The number of rotatable bonds is 10. The fraction of sp³-hybridized carbons (Fsp3) is 0.227. The number of hydrogen-bond donors (Lipinski definition) is 3. The lowest BCUT2D eigenvalue weighted by atomic mass is 10.0. The number of para-hydroxylation sites is 1. The first kappa shape index (κ1) is 23.4. The lowest BCUT2D eigenvalue weighted by molar-refractivity contribution is -0.131. The van der Waals surface area contributed by atoms with E-state index in [1.807, 2.05) is 6.07 Å². The van der Waals surface area contributed by atoms with Crippen LogP contribution in [0, 0.1) is 11.3 Å². The van der Waals surface area contributed by atoms with Gasteiger partial charge in [0.25, 0.3) is 0 Å². The van der Waals surface area contributed by atoms with E-state index < -0.39 is 24.3 Å². The number of carboxylic acids is 1. The van der Waals surface area contributed by atoms with Gasteiger partial charge in [0.05, 0.1) is 18.2 Å². The van der Waals surface area contributed by atoms with Gasteiger partial charge in [0.15, 0.2) is 6.10 Å². The van der Waals surface area contributed by atoms with Crippen LogP contribution in [0.1, 0.15) is 17.2 Å². The lowest BCUT2D eigenvalue weighted by Gasteiger charge is -2.26. The first-order valence-electron chi connectivity index (χ1n) is 9.22. The number of ether oxygens (including phenoxy) is 3. The Morgan fingerprint density at radius 1 is 1.19 bits per heavy atom. The Labute approximate surface area is 179 Å². The third-order valence-corrected chi connectivity index (χ3v) is 4.07. The van der Waals surface area contributed by atoms with Crippen LogP contribution in [0.3, 0.4) is 0 Å². The molecular formula is C22H22N2O7. The van der Waals surface area contributed by atoms with Crippen LogP contribution in [-0.2, 0) is 14.3 Å². The minimum Gasteiger partial charge on any atom is -0.491 e. The Kier molecular flexibility index (Phi) is 9.04. The molecule has 0 fully saturated rings. The van der Waals surface area contributed by atoms with Gasteiger partial charge in [-0.3, -0.25) is 5.32 Å². The average Bonchev–Trinajstić information content (AvgIpc) is 2.77. The lowest BCUT2D eigenvalue weighted by Crippen LogP contribution is -2.27. The summed E-state index contributed by atoms with van der Waals surface area (Å²) in [7, 11) is 1.35. The molecule has 2 aromatic carbocycles. The SMILES string of the molecule is CO[C@@H](/C=C/C(=O)O)[C@@H](OC(=O)Nc1ccc(C#N)cc1)c1ccccc1OCCO. The molecule has 0 unspecified atom stereocenters. The van der Waals surface area contributed by atoms with Gasteiger partial charge in [-0.25, -0.2) is 9.59 Å².